The summed E-state index contributed by atoms with van der Waals surface area (Å²) in [4.78, 5) is 16.1. The zero-order valence-corrected chi connectivity index (χ0v) is 22.4. The van der Waals surface area contributed by atoms with Crippen molar-refractivity contribution in [3.63, 3.8) is 0 Å². The Kier molecular flexibility index (Phi) is 9.75. The van der Waals surface area contributed by atoms with Crippen LogP contribution >= 0.6 is 11.6 Å². The van der Waals surface area contributed by atoms with Crippen molar-refractivity contribution in [2.45, 2.75) is 44.5 Å². The fraction of sp³-hybridized carbons (Fsp3) is 0.444. The maximum Gasteiger partial charge on any atom is 0.416 e. The van der Waals surface area contributed by atoms with E-state index in [0.29, 0.717) is 24.0 Å². The highest BCUT2D eigenvalue weighted by Crippen LogP contribution is 2.31. The molecule has 1 unspecified atom stereocenters. The Labute approximate surface area is 234 Å². The first-order valence-corrected chi connectivity index (χ1v) is 13.3. The number of halogens is 4. The fourth-order valence-corrected chi connectivity index (χ4v) is 4.73. The zero-order valence-electron chi connectivity index (χ0n) is 21.6. The number of ether oxygens (including phenoxy) is 2. The summed E-state index contributed by atoms with van der Waals surface area (Å²) < 4.78 is 50.8. The topological polar surface area (TPSA) is 103 Å². The largest absolute Gasteiger partial charge is 0.494 e. The Hall–Kier alpha value is -3.51. The minimum absolute atomic E-state index is 0.00840. The van der Waals surface area contributed by atoms with Crippen LogP contribution in [0.25, 0.3) is 0 Å². The lowest BCUT2D eigenvalue weighted by atomic mass is 9.93. The number of nitro groups is 1. The molecule has 1 aliphatic heterocycles. The number of benzene rings is 2. The Balaban J connectivity index is 1.14. The van der Waals surface area contributed by atoms with Crippen molar-refractivity contribution in [2.24, 2.45) is 5.92 Å². The summed E-state index contributed by atoms with van der Waals surface area (Å²) in [6.45, 7) is 2.56. The molecule has 0 amide bonds. The number of hydrogen-bond donors (Lipinski definition) is 1. The van der Waals surface area contributed by atoms with Gasteiger partial charge in [-0.25, -0.2) is 0 Å². The minimum Gasteiger partial charge on any atom is -0.494 e. The van der Waals surface area contributed by atoms with E-state index in [9.17, 15) is 28.4 Å². The number of imidazole rings is 1. The van der Waals surface area contributed by atoms with E-state index in [2.05, 4.69) is 9.88 Å². The summed E-state index contributed by atoms with van der Waals surface area (Å²) in [6.07, 6.45) is -0.803. The van der Waals surface area contributed by atoms with Crippen molar-refractivity contribution < 1.29 is 32.7 Å². The molecule has 1 aromatic heterocycles. The summed E-state index contributed by atoms with van der Waals surface area (Å²) in [5.41, 5.74) is 0.386. The molecule has 4 rings (SSSR count). The second kappa shape index (κ2) is 13.2. The molecule has 9 nitrogen and oxygen atoms in total. The minimum atomic E-state index is -4.35. The van der Waals surface area contributed by atoms with Gasteiger partial charge in [-0.3, -0.25) is 4.57 Å². The molecule has 2 aromatic carbocycles. The summed E-state index contributed by atoms with van der Waals surface area (Å²) in [5, 5.41) is 21.0. The van der Waals surface area contributed by atoms with Gasteiger partial charge in [-0.05, 0) is 102 Å². The van der Waals surface area contributed by atoms with Gasteiger partial charge in [-0.1, -0.05) is 0 Å². The number of hydrogen-bond acceptors (Lipinski definition) is 7. The second-order valence-electron chi connectivity index (χ2n) is 9.66. The average molecular weight is 583 g/mol. The zero-order chi connectivity index (χ0) is 28.7. The number of alkyl halides is 3. The molecule has 1 saturated heterocycles. The van der Waals surface area contributed by atoms with Crippen LogP contribution in [0.15, 0.2) is 54.7 Å². The van der Waals surface area contributed by atoms with E-state index in [-0.39, 0.29) is 30.7 Å². The van der Waals surface area contributed by atoms with Crippen molar-refractivity contribution in [2.75, 3.05) is 31.2 Å². The Morgan fingerprint density at radius 2 is 1.70 bits per heavy atom. The smallest absolute Gasteiger partial charge is 0.416 e. The van der Waals surface area contributed by atoms with Crippen LogP contribution in [0, 0.1) is 16.0 Å². The summed E-state index contributed by atoms with van der Waals surface area (Å²) in [5.74, 6) is 1.20. The van der Waals surface area contributed by atoms with Gasteiger partial charge in [-0.2, -0.15) is 13.2 Å². The first kappa shape index (κ1) is 29.5. The first-order chi connectivity index (χ1) is 19.1. The van der Waals surface area contributed by atoms with Gasteiger partial charge in [0.2, 0.25) is 0 Å². The van der Waals surface area contributed by atoms with Crippen LogP contribution in [0.2, 0.25) is 5.28 Å². The summed E-state index contributed by atoms with van der Waals surface area (Å²) in [7, 11) is 0. The predicted octanol–water partition coefficient (Wildman–Crippen LogP) is 5.98. The molecule has 0 bridgehead atoms. The number of rotatable bonds is 12. The molecule has 1 N–H and O–H groups in total. The summed E-state index contributed by atoms with van der Waals surface area (Å²) in [6, 6.07) is 12.4. The molecule has 0 spiro atoms. The van der Waals surface area contributed by atoms with Gasteiger partial charge in [0.05, 0.1) is 18.3 Å². The van der Waals surface area contributed by atoms with Crippen molar-refractivity contribution >= 4 is 23.1 Å². The van der Waals surface area contributed by atoms with E-state index in [1.54, 1.807) is 0 Å². The van der Waals surface area contributed by atoms with E-state index >= 15 is 0 Å². The summed E-state index contributed by atoms with van der Waals surface area (Å²) >= 11 is 5.89. The molecule has 2 heterocycles. The number of aromatic nitrogens is 2. The van der Waals surface area contributed by atoms with Crippen molar-refractivity contribution in [1.29, 1.82) is 0 Å². The molecule has 1 fully saturated rings. The highest BCUT2D eigenvalue weighted by atomic mass is 35.5. The lowest BCUT2D eigenvalue weighted by molar-refractivity contribution is -0.389. The van der Waals surface area contributed by atoms with Crippen LogP contribution in [0.5, 0.6) is 11.5 Å². The van der Waals surface area contributed by atoms with E-state index in [1.165, 1.54) is 22.9 Å². The number of aliphatic hydroxyl groups excluding tert-OH is 1. The highest BCUT2D eigenvalue weighted by molar-refractivity contribution is 6.28. The standard InChI is InChI=1S/C27H30ClF3N4O5/c28-26-32-25(35(37)38)17-34(26)15-11-22(36)18-40-24-7-3-21(4-8-24)33-13-9-19(10-14-33)12-16-39-23-5-1-20(2-6-23)27(29,30)31/h1-8,17,19,22,36H,9-16,18H2. The van der Waals surface area contributed by atoms with Gasteiger partial charge in [-0.15, -0.1) is 0 Å². The maximum atomic E-state index is 12.7. The van der Waals surface area contributed by atoms with E-state index in [4.69, 9.17) is 21.1 Å². The normalized spacial score (nSPS) is 15.2. The van der Waals surface area contributed by atoms with Crippen LogP contribution in [-0.2, 0) is 12.7 Å². The molecule has 0 aliphatic carbocycles. The van der Waals surface area contributed by atoms with Crippen molar-refractivity contribution in [3.8, 4) is 11.5 Å². The molecule has 1 aliphatic rings. The predicted molar refractivity (Wildman–Crippen MR) is 143 cm³/mol. The second-order valence-corrected chi connectivity index (χ2v) is 9.99. The van der Waals surface area contributed by atoms with Gasteiger partial charge in [0.15, 0.2) is 0 Å². The lowest BCUT2D eigenvalue weighted by Crippen LogP contribution is -2.34. The van der Waals surface area contributed by atoms with Crippen LogP contribution in [-0.4, -0.2) is 52.0 Å². The van der Waals surface area contributed by atoms with Crippen LogP contribution in [0.4, 0.5) is 24.7 Å². The molecule has 3 aromatic rings. The van der Waals surface area contributed by atoms with Gasteiger partial charge in [0, 0.05) is 25.3 Å². The molecule has 0 saturated carbocycles. The molecule has 40 heavy (non-hydrogen) atoms. The lowest BCUT2D eigenvalue weighted by Gasteiger charge is -2.33. The molecule has 1 atom stereocenters. The Bertz CT molecular complexity index is 1250. The third-order valence-corrected chi connectivity index (χ3v) is 7.14. The van der Waals surface area contributed by atoms with Gasteiger partial charge < -0.3 is 29.6 Å². The quantitative estimate of drug-likeness (QED) is 0.207. The number of aliphatic hydroxyl groups is 1. The van der Waals surface area contributed by atoms with Crippen molar-refractivity contribution in [1.82, 2.24) is 9.55 Å². The molecule has 0 radical (unpaired) electrons. The number of nitrogens with zero attached hydrogens (tertiary/aromatic N) is 4. The maximum absolute atomic E-state index is 12.7. The van der Waals surface area contributed by atoms with Gasteiger partial charge in [0.1, 0.15) is 24.3 Å². The number of aryl methyl sites for hydroxylation is 1. The molecule has 13 heteroatoms. The molecular formula is C27H30ClF3N4O5. The number of piperidine rings is 1. The molecule has 216 valence electrons. The van der Waals surface area contributed by atoms with Crippen LogP contribution in [0.1, 0.15) is 31.2 Å². The first-order valence-electron chi connectivity index (χ1n) is 12.9. The highest BCUT2D eigenvalue weighted by Gasteiger charge is 2.30. The van der Waals surface area contributed by atoms with E-state index < -0.39 is 22.8 Å². The Morgan fingerprint density at radius 1 is 1.07 bits per heavy atom. The van der Waals surface area contributed by atoms with E-state index in [1.807, 2.05) is 24.3 Å². The van der Waals surface area contributed by atoms with Crippen molar-refractivity contribution in [3.05, 3.63) is 75.7 Å². The van der Waals surface area contributed by atoms with Gasteiger partial charge >= 0.3 is 17.3 Å². The monoisotopic (exact) mass is 582 g/mol. The third-order valence-electron chi connectivity index (χ3n) is 6.84. The SMILES string of the molecule is O=[N+]([O-])c1cn(CCC(O)COc2ccc(N3CCC(CCOc4ccc(C(F)(F)F)cc4)CC3)cc2)c(Cl)n1. The Morgan fingerprint density at radius 3 is 2.30 bits per heavy atom. The number of anilines is 1. The molecular weight excluding hydrogens is 553 g/mol. The van der Waals surface area contributed by atoms with Crippen LogP contribution < -0.4 is 14.4 Å². The van der Waals surface area contributed by atoms with E-state index in [0.717, 1.165) is 50.2 Å². The van der Waals surface area contributed by atoms with Gasteiger partial charge in [0.25, 0.3) is 0 Å². The average Bonchev–Trinajstić information content (AvgIpc) is 3.32. The van der Waals surface area contributed by atoms with Crippen LogP contribution in [0.3, 0.4) is 0 Å². The fourth-order valence-electron chi connectivity index (χ4n) is 4.51. The third kappa shape index (κ3) is 8.25.